The Morgan fingerprint density at radius 3 is 2.45 bits per heavy atom. The summed E-state index contributed by atoms with van der Waals surface area (Å²) >= 11 is 0. The molecule has 1 aliphatic carbocycles. The van der Waals surface area contributed by atoms with Crippen molar-refractivity contribution < 1.29 is 18.1 Å². The molecule has 0 unspecified atom stereocenters. The highest BCUT2D eigenvalue weighted by Crippen LogP contribution is 2.37. The normalized spacial score (nSPS) is 17.7. The van der Waals surface area contributed by atoms with E-state index in [9.17, 15) is 18.5 Å². The van der Waals surface area contributed by atoms with Crippen LogP contribution in [-0.4, -0.2) is 25.2 Å². The third-order valence-corrected chi connectivity index (χ3v) is 4.33. The van der Waals surface area contributed by atoms with E-state index in [0.29, 0.717) is 0 Å². The molecule has 0 saturated heterocycles. The van der Waals surface area contributed by atoms with Gasteiger partial charge in [-0.2, -0.15) is 0 Å². The average Bonchev–Trinajstić information content (AvgIpc) is 2.39. The SMILES string of the molecule is CC1(Oc2cc([N+](=O)[O-])ccc2NS(C)(=O)=O)CCCCC1. The van der Waals surface area contributed by atoms with E-state index in [1.54, 1.807) is 0 Å². The molecule has 22 heavy (non-hydrogen) atoms. The molecule has 0 aromatic heterocycles. The Hall–Kier alpha value is -1.83. The summed E-state index contributed by atoms with van der Waals surface area (Å²) in [5.74, 6) is 0.198. The molecule has 8 heteroatoms. The Morgan fingerprint density at radius 1 is 1.27 bits per heavy atom. The van der Waals surface area contributed by atoms with Gasteiger partial charge in [0.2, 0.25) is 10.0 Å². The quantitative estimate of drug-likeness (QED) is 0.661. The van der Waals surface area contributed by atoms with Crippen molar-refractivity contribution in [2.75, 3.05) is 11.0 Å². The molecule has 0 aliphatic heterocycles. The number of nitro groups is 1. The van der Waals surface area contributed by atoms with Gasteiger partial charge in [0.15, 0.2) is 5.75 Å². The van der Waals surface area contributed by atoms with Crippen LogP contribution in [0.3, 0.4) is 0 Å². The van der Waals surface area contributed by atoms with Crippen molar-refractivity contribution in [1.29, 1.82) is 0 Å². The molecule has 1 saturated carbocycles. The van der Waals surface area contributed by atoms with Gasteiger partial charge in [-0.15, -0.1) is 0 Å². The van der Waals surface area contributed by atoms with Crippen LogP contribution in [0.2, 0.25) is 0 Å². The van der Waals surface area contributed by atoms with Gasteiger partial charge >= 0.3 is 0 Å². The van der Waals surface area contributed by atoms with E-state index in [-0.39, 0.29) is 17.1 Å². The second kappa shape index (κ2) is 6.12. The molecule has 0 spiro atoms. The second-order valence-electron chi connectivity index (χ2n) is 5.92. The molecule has 0 bridgehead atoms. The third-order valence-electron chi connectivity index (χ3n) is 3.74. The Kier molecular flexibility index (Phi) is 4.60. The minimum atomic E-state index is -3.49. The van der Waals surface area contributed by atoms with Gasteiger partial charge < -0.3 is 4.74 Å². The number of anilines is 1. The lowest BCUT2D eigenvalue weighted by atomic mass is 9.86. The highest BCUT2D eigenvalue weighted by atomic mass is 32.2. The molecule has 0 heterocycles. The maximum Gasteiger partial charge on any atom is 0.273 e. The van der Waals surface area contributed by atoms with Crippen molar-refractivity contribution in [3.05, 3.63) is 28.3 Å². The Balaban J connectivity index is 2.36. The number of benzene rings is 1. The van der Waals surface area contributed by atoms with Gasteiger partial charge in [0.05, 0.1) is 22.9 Å². The molecule has 1 fully saturated rings. The fraction of sp³-hybridized carbons (Fsp3) is 0.571. The summed E-state index contributed by atoms with van der Waals surface area (Å²) in [5, 5.41) is 10.9. The van der Waals surface area contributed by atoms with E-state index >= 15 is 0 Å². The molecule has 0 amide bonds. The van der Waals surface area contributed by atoms with Gasteiger partial charge in [0, 0.05) is 6.07 Å². The van der Waals surface area contributed by atoms with Crippen molar-refractivity contribution in [2.24, 2.45) is 0 Å². The Bertz CT molecular complexity index is 666. The summed E-state index contributed by atoms with van der Waals surface area (Å²) in [6.45, 7) is 1.95. The largest absolute Gasteiger partial charge is 0.485 e. The smallest absolute Gasteiger partial charge is 0.273 e. The molecule has 1 aromatic rings. The zero-order valence-corrected chi connectivity index (χ0v) is 13.5. The highest BCUT2D eigenvalue weighted by molar-refractivity contribution is 7.92. The summed E-state index contributed by atoms with van der Waals surface area (Å²) in [6.07, 6.45) is 5.91. The molecule has 7 nitrogen and oxygen atoms in total. The number of nitrogens with one attached hydrogen (secondary N) is 1. The van der Waals surface area contributed by atoms with Gasteiger partial charge in [0.1, 0.15) is 5.60 Å². The summed E-state index contributed by atoms with van der Waals surface area (Å²) in [6, 6.07) is 3.89. The van der Waals surface area contributed by atoms with Crippen LogP contribution >= 0.6 is 0 Å². The molecular formula is C14H20N2O5S. The van der Waals surface area contributed by atoms with Crippen LogP contribution in [0.4, 0.5) is 11.4 Å². The maximum absolute atomic E-state index is 11.4. The third kappa shape index (κ3) is 4.33. The predicted molar refractivity (Wildman–Crippen MR) is 83.7 cm³/mol. The molecule has 0 radical (unpaired) electrons. The number of ether oxygens (including phenoxy) is 1. The van der Waals surface area contributed by atoms with Gasteiger partial charge in [-0.3, -0.25) is 14.8 Å². The summed E-state index contributed by atoms with van der Waals surface area (Å²) in [4.78, 5) is 10.4. The van der Waals surface area contributed by atoms with E-state index in [2.05, 4.69) is 4.72 Å². The first-order chi connectivity index (χ1) is 10.2. The molecule has 122 valence electrons. The van der Waals surface area contributed by atoms with Crippen LogP contribution < -0.4 is 9.46 Å². The summed E-state index contributed by atoms with van der Waals surface area (Å²) in [7, 11) is -3.49. The number of nitro benzene ring substituents is 1. The van der Waals surface area contributed by atoms with Gasteiger partial charge in [0.25, 0.3) is 5.69 Å². The lowest BCUT2D eigenvalue weighted by Crippen LogP contribution is -2.34. The minimum absolute atomic E-state index is 0.131. The molecule has 0 atom stereocenters. The van der Waals surface area contributed by atoms with Crippen molar-refractivity contribution in [3.63, 3.8) is 0 Å². The minimum Gasteiger partial charge on any atom is -0.485 e. The van der Waals surface area contributed by atoms with Gasteiger partial charge in [-0.25, -0.2) is 8.42 Å². The summed E-state index contributed by atoms with van der Waals surface area (Å²) < 4.78 is 31.2. The maximum atomic E-state index is 11.4. The number of sulfonamides is 1. The van der Waals surface area contributed by atoms with Crippen LogP contribution in [0, 0.1) is 10.1 Å². The van der Waals surface area contributed by atoms with Crippen molar-refractivity contribution in [1.82, 2.24) is 0 Å². The standard InChI is InChI=1S/C14H20N2O5S/c1-14(8-4-3-5-9-14)21-13-10-11(16(17)18)6-7-12(13)15-22(2,19)20/h6-7,10,15H,3-5,8-9H2,1-2H3. The van der Waals surface area contributed by atoms with E-state index < -0.39 is 20.5 Å². The summed E-state index contributed by atoms with van der Waals surface area (Å²) in [5.41, 5.74) is -0.338. The van der Waals surface area contributed by atoms with Crippen LogP contribution in [-0.2, 0) is 10.0 Å². The van der Waals surface area contributed by atoms with Gasteiger partial charge in [-0.05, 0) is 38.7 Å². The zero-order chi connectivity index (χ0) is 16.4. The lowest BCUT2D eigenvalue weighted by molar-refractivity contribution is -0.384. The van der Waals surface area contributed by atoms with Crippen molar-refractivity contribution in [3.8, 4) is 5.75 Å². The first-order valence-electron chi connectivity index (χ1n) is 7.14. The number of rotatable bonds is 5. The van der Waals surface area contributed by atoms with E-state index in [0.717, 1.165) is 38.4 Å². The monoisotopic (exact) mass is 328 g/mol. The zero-order valence-electron chi connectivity index (χ0n) is 12.7. The van der Waals surface area contributed by atoms with Crippen LogP contribution in [0.1, 0.15) is 39.0 Å². The number of non-ortho nitro benzene ring substituents is 1. The van der Waals surface area contributed by atoms with E-state index in [1.165, 1.54) is 18.2 Å². The molecule has 1 aliphatic rings. The van der Waals surface area contributed by atoms with Crippen molar-refractivity contribution >= 4 is 21.4 Å². The van der Waals surface area contributed by atoms with Crippen LogP contribution in [0.25, 0.3) is 0 Å². The van der Waals surface area contributed by atoms with E-state index in [4.69, 9.17) is 4.74 Å². The lowest BCUT2D eigenvalue weighted by Gasteiger charge is -2.34. The number of hydrogen-bond donors (Lipinski definition) is 1. The first-order valence-corrected chi connectivity index (χ1v) is 9.03. The van der Waals surface area contributed by atoms with Crippen LogP contribution in [0.15, 0.2) is 18.2 Å². The molecule has 1 N–H and O–H groups in total. The van der Waals surface area contributed by atoms with E-state index in [1.807, 2.05) is 6.92 Å². The average molecular weight is 328 g/mol. The Morgan fingerprint density at radius 2 is 1.91 bits per heavy atom. The second-order valence-corrected chi connectivity index (χ2v) is 7.67. The highest BCUT2D eigenvalue weighted by Gasteiger charge is 2.30. The number of hydrogen-bond acceptors (Lipinski definition) is 5. The predicted octanol–water partition coefficient (Wildman–Crippen LogP) is 3.07. The Labute approximate surface area is 129 Å². The molecule has 1 aromatic carbocycles. The number of nitrogens with zero attached hydrogens (tertiary/aromatic N) is 1. The fourth-order valence-electron chi connectivity index (χ4n) is 2.66. The molecule has 2 rings (SSSR count). The van der Waals surface area contributed by atoms with Crippen LogP contribution in [0.5, 0.6) is 5.75 Å². The first kappa shape index (κ1) is 16.5. The topological polar surface area (TPSA) is 98.5 Å². The van der Waals surface area contributed by atoms with Crippen molar-refractivity contribution in [2.45, 2.75) is 44.6 Å². The van der Waals surface area contributed by atoms with Gasteiger partial charge in [-0.1, -0.05) is 6.42 Å². The molecular weight excluding hydrogens is 308 g/mol. The fourth-order valence-corrected chi connectivity index (χ4v) is 3.23.